The summed E-state index contributed by atoms with van der Waals surface area (Å²) in [6.45, 7) is -0.0943. The molecule has 0 unspecified atom stereocenters. The Morgan fingerprint density at radius 2 is 1.85 bits per heavy atom. The van der Waals surface area contributed by atoms with Gasteiger partial charge in [-0.15, -0.1) is 5.10 Å². The number of carbonyl (C=O) groups excluding carboxylic acids is 1. The summed E-state index contributed by atoms with van der Waals surface area (Å²) in [7, 11) is 0. The largest absolute Gasteiger partial charge is 0.350 e. The highest BCUT2D eigenvalue weighted by atomic mass is 35.5. The number of halogens is 2. The van der Waals surface area contributed by atoms with Crippen molar-refractivity contribution < 1.29 is 13.7 Å². The van der Waals surface area contributed by atoms with Gasteiger partial charge in [0.15, 0.2) is 5.65 Å². The number of hydrogen-bond donors (Lipinski definition) is 1. The Hall–Kier alpha value is -4.31. The smallest absolute Gasteiger partial charge is 0.350 e. The van der Waals surface area contributed by atoms with Gasteiger partial charge in [0.25, 0.3) is 5.89 Å². The minimum atomic E-state index is -0.494. The first kappa shape index (κ1) is 21.5. The average Bonchev–Trinajstić information content (AvgIpc) is 3.45. The second-order valence-corrected chi connectivity index (χ2v) is 7.83. The highest BCUT2D eigenvalue weighted by molar-refractivity contribution is 6.30. The van der Waals surface area contributed by atoms with E-state index in [2.05, 4.69) is 20.6 Å². The summed E-state index contributed by atoms with van der Waals surface area (Å²) in [5, 5.41) is 11.6. The molecule has 0 atom stereocenters. The van der Waals surface area contributed by atoms with Gasteiger partial charge in [0.2, 0.25) is 11.7 Å². The van der Waals surface area contributed by atoms with Gasteiger partial charge in [-0.2, -0.15) is 4.98 Å². The topological polar surface area (TPSA) is 107 Å². The third-order valence-corrected chi connectivity index (χ3v) is 5.32. The van der Waals surface area contributed by atoms with Crippen molar-refractivity contribution in [3.8, 4) is 22.8 Å². The van der Waals surface area contributed by atoms with Gasteiger partial charge in [-0.25, -0.2) is 18.3 Å². The summed E-state index contributed by atoms with van der Waals surface area (Å²) in [5.74, 6) is -0.244. The van der Waals surface area contributed by atoms with Crippen LogP contribution in [0.15, 0.2) is 76.2 Å². The van der Waals surface area contributed by atoms with Crippen LogP contribution in [-0.2, 0) is 17.9 Å². The summed E-state index contributed by atoms with van der Waals surface area (Å²) in [5.41, 5.74) is 1.66. The quantitative estimate of drug-likeness (QED) is 0.401. The van der Waals surface area contributed by atoms with E-state index in [4.69, 9.17) is 16.1 Å². The number of fused-ring (bicyclic) bond motifs is 1. The molecule has 9 nitrogen and oxygen atoms in total. The van der Waals surface area contributed by atoms with E-state index in [9.17, 15) is 14.0 Å². The minimum absolute atomic E-state index is 0.175. The Bertz CT molecular complexity index is 1540. The third-order valence-electron chi connectivity index (χ3n) is 5.06. The van der Waals surface area contributed by atoms with Crippen molar-refractivity contribution >= 4 is 23.2 Å². The number of aromatic nitrogens is 5. The number of rotatable bonds is 6. The lowest BCUT2D eigenvalue weighted by Gasteiger charge is -2.04. The number of carbonyl (C=O) groups is 1. The van der Waals surface area contributed by atoms with Crippen LogP contribution in [0.25, 0.3) is 28.5 Å². The normalized spacial score (nSPS) is 11.1. The Labute approximate surface area is 196 Å². The first-order valence-corrected chi connectivity index (χ1v) is 10.5. The summed E-state index contributed by atoms with van der Waals surface area (Å²) in [6, 6.07) is 16.1. The van der Waals surface area contributed by atoms with Gasteiger partial charge in [0.1, 0.15) is 12.4 Å². The molecule has 0 saturated heterocycles. The van der Waals surface area contributed by atoms with Crippen LogP contribution in [0.5, 0.6) is 0 Å². The van der Waals surface area contributed by atoms with Gasteiger partial charge in [0, 0.05) is 23.3 Å². The van der Waals surface area contributed by atoms with E-state index >= 15 is 0 Å². The SMILES string of the molecule is O=C(Cn1nc2c(-c3nc(-c4ccc(Cl)cc4)no3)cccn2c1=O)NCc1ccc(F)cc1. The molecular formula is C23H16ClFN6O3. The van der Waals surface area contributed by atoms with E-state index in [1.807, 2.05) is 0 Å². The lowest BCUT2D eigenvalue weighted by atomic mass is 10.2. The zero-order valence-electron chi connectivity index (χ0n) is 17.5. The average molecular weight is 479 g/mol. The molecule has 3 aromatic heterocycles. The Balaban J connectivity index is 1.38. The molecule has 5 rings (SSSR count). The first-order chi connectivity index (χ1) is 16.5. The van der Waals surface area contributed by atoms with Crippen molar-refractivity contribution in [1.82, 2.24) is 29.6 Å². The van der Waals surface area contributed by atoms with Crippen LogP contribution in [0.1, 0.15) is 5.56 Å². The molecule has 5 aromatic rings. The van der Waals surface area contributed by atoms with E-state index in [1.54, 1.807) is 48.5 Å². The standard InChI is InChI=1S/C23H16ClFN6O3/c24-16-7-5-15(6-8-16)20-27-22(34-29-20)18-2-1-11-30-21(18)28-31(23(30)33)13-19(32)26-12-14-3-9-17(25)10-4-14/h1-11H,12-13H2,(H,26,32). The van der Waals surface area contributed by atoms with Crippen LogP contribution < -0.4 is 11.0 Å². The molecule has 0 fully saturated rings. The van der Waals surface area contributed by atoms with Gasteiger partial charge in [0.05, 0.1) is 5.56 Å². The molecule has 0 aliphatic rings. The van der Waals surface area contributed by atoms with Crippen LogP contribution in [0.4, 0.5) is 4.39 Å². The van der Waals surface area contributed by atoms with Gasteiger partial charge in [-0.3, -0.25) is 4.79 Å². The molecule has 0 saturated carbocycles. The van der Waals surface area contributed by atoms with Crippen LogP contribution in [0.3, 0.4) is 0 Å². The van der Waals surface area contributed by atoms with Crippen molar-refractivity contribution in [2.24, 2.45) is 0 Å². The van der Waals surface area contributed by atoms with Crippen molar-refractivity contribution in [2.75, 3.05) is 0 Å². The summed E-state index contributed by atoms with van der Waals surface area (Å²) in [4.78, 5) is 29.6. The number of benzene rings is 2. The van der Waals surface area contributed by atoms with Crippen LogP contribution >= 0.6 is 11.6 Å². The molecule has 3 heterocycles. The van der Waals surface area contributed by atoms with E-state index in [0.29, 0.717) is 22.0 Å². The molecule has 1 N–H and O–H groups in total. The van der Waals surface area contributed by atoms with E-state index < -0.39 is 11.6 Å². The van der Waals surface area contributed by atoms with Crippen molar-refractivity contribution in [2.45, 2.75) is 13.1 Å². The lowest BCUT2D eigenvalue weighted by Crippen LogP contribution is -2.32. The molecule has 2 aromatic carbocycles. The third kappa shape index (κ3) is 4.30. The highest BCUT2D eigenvalue weighted by Gasteiger charge is 2.18. The van der Waals surface area contributed by atoms with E-state index in [1.165, 1.54) is 22.7 Å². The Kier molecular flexibility index (Phi) is 5.64. The fourth-order valence-corrected chi connectivity index (χ4v) is 3.48. The van der Waals surface area contributed by atoms with E-state index in [-0.39, 0.29) is 30.4 Å². The number of hydrogen-bond acceptors (Lipinski definition) is 6. The molecule has 0 spiro atoms. The van der Waals surface area contributed by atoms with Gasteiger partial charge in [-0.05, 0) is 54.1 Å². The molecule has 0 radical (unpaired) electrons. The van der Waals surface area contributed by atoms with Crippen LogP contribution in [-0.4, -0.2) is 30.2 Å². The molecule has 1 amide bonds. The number of nitrogens with zero attached hydrogens (tertiary/aromatic N) is 5. The van der Waals surface area contributed by atoms with Crippen molar-refractivity contribution in [3.05, 3.63) is 93.7 Å². The fraction of sp³-hybridized carbons (Fsp3) is 0.0870. The maximum absolute atomic E-state index is 13.0. The molecule has 11 heteroatoms. The maximum atomic E-state index is 13.0. The number of pyridine rings is 1. The van der Waals surface area contributed by atoms with Gasteiger partial charge in [-0.1, -0.05) is 28.9 Å². The van der Waals surface area contributed by atoms with Crippen molar-refractivity contribution in [3.63, 3.8) is 0 Å². The molecule has 0 bridgehead atoms. The number of amides is 1. The second kappa shape index (κ2) is 8.91. The summed E-state index contributed by atoms with van der Waals surface area (Å²) >= 11 is 5.93. The molecular weight excluding hydrogens is 463 g/mol. The Morgan fingerprint density at radius 1 is 1.09 bits per heavy atom. The molecule has 170 valence electrons. The zero-order chi connectivity index (χ0) is 23.7. The zero-order valence-corrected chi connectivity index (χ0v) is 18.2. The molecule has 0 aliphatic carbocycles. The highest BCUT2D eigenvalue weighted by Crippen LogP contribution is 2.25. The Morgan fingerprint density at radius 3 is 2.62 bits per heavy atom. The van der Waals surface area contributed by atoms with E-state index in [0.717, 1.165) is 10.2 Å². The fourth-order valence-electron chi connectivity index (χ4n) is 3.35. The van der Waals surface area contributed by atoms with Crippen molar-refractivity contribution in [1.29, 1.82) is 0 Å². The lowest BCUT2D eigenvalue weighted by molar-refractivity contribution is -0.122. The molecule has 0 aliphatic heterocycles. The number of nitrogens with one attached hydrogen (secondary N) is 1. The van der Waals surface area contributed by atoms with Gasteiger partial charge < -0.3 is 9.84 Å². The minimum Gasteiger partial charge on any atom is -0.350 e. The van der Waals surface area contributed by atoms with Gasteiger partial charge >= 0.3 is 5.69 Å². The predicted octanol–water partition coefficient (Wildman–Crippen LogP) is 3.32. The maximum Gasteiger partial charge on any atom is 0.350 e. The predicted molar refractivity (Wildman–Crippen MR) is 121 cm³/mol. The first-order valence-electron chi connectivity index (χ1n) is 10.2. The second-order valence-electron chi connectivity index (χ2n) is 7.39. The molecule has 34 heavy (non-hydrogen) atoms. The summed E-state index contributed by atoms with van der Waals surface area (Å²) < 4.78 is 20.8. The monoisotopic (exact) mass is 478 g/mol. The van der Waals surface area contributed by atoms with Crippen LogP contribution in [0.2, 0.25) is 5.02 Å². The summed E-state index contributed by atoms with van der Waals surface area (Å²) in [6.07, 6.45) is 1.54. The van der Waals surface area contributed by atoms with Crippen LogP contribution in [0, 0.1) is 5.82 Å².